The van der Waals surface area contributed by atoms with Gasteiger partial charge in [0.25, 0.3) is 10.0 Å². The van der Waals surface area contributed by atoms with E-state index < -0.39 is 27.8 Å². The van der Waals surface area contributed by atoms with E-state index in [0.717, 1.165) is 0 Å². The molecule has 4 rings (SSSR count). The Morgan fingerprint density at radius 2 is 2.06 bits per heavy atom. The fraction of sp³-hybridized carbons (Fsp3) is 0.222. The molecule has 0 unspecified atom stereocenters. The Hall–Kier alpha value is -4.05. The Morgan fingerprint density at radius 3 is 2.74 bits per heavy atom. The second-order valence-electron chi connectivity index (χ2n) is 6.87. The molecule has 1 aliphatic rings. The fourth-order valence-electron chi connectivity index (χ4n) is 3.22. The fourth-order valence-corrected chi connectivity index (χ4v) is 4.41. The Morgan fingerprint density at radius 1 is 1.32 bits per heavy atom. The number of hydrogen-bond donors (Lipinski definition) is 2. The maximum absolute atomic E-state index is 12.6. The number of rotatable bonds is 5. The van der Waals surface area contributed by atoms with Crippen LogP contribution in [-0.2, 0) is 14.8 Å². The largest absolute Gasteiger partial charge is 0.478 e. The van der Waals surface area contributed by atoms with Crippen LogP contribution >= 0.6 is 0 Å². The van der Waals surface area contributed by atoms with E-state index >= 15 is 0 Å². The minimum absolute atomic E-state index is 0.00916. The maximum Gasteiger partial charge on any atom is 0.337 e. The third kappa shape index (κ3) is 3.53. The highest BCUT2D eigenvalue weighted by Crippen LogP contribution is 2.28. The molecule has 1 amide bonds. The number of nitriles is 1. The van der Waals surface area contributed by atoms with Gasteiger partial charge in [-0.3, -0.25) is 4.79 Å². The first kappa shape index (κ1) is 20.2. The van der Waals surface area contributed by atoms with Gasteiger partial charge in [-0.1, -0.05) is 6.07 Å². The molecule has 1 fully saturated rings. The number of pyridine rings is 1. The van der Waals surface area contributed by atoms with Crippen molar-refractivity contribution in [2.75, 3.05) is 18.0 Å². The Kier molecular flexibility index (Phi) is 4.78. The number of carboxylic acids is 1. The molecule has 0 saturated carbocycles. The average molecular weight is 442 g/mol. The van der Waals surface area contributed by atoms with Crippen molar-refractivity contribution >= 4 is 38.8 Å². The van der Waals surface area contributed by atoms with Crippen LogP contribution in [0.15, 0.2) is 33.8 Å². The van der Waals surface area contributed by atoms with Gasteiger partial charge in [0.05, 0.1) is 22.7 Å². The van der Waals surface area contributed by atoms with Crippen LogP contribution in [0.1, 0.15) is 21.6 Å². The predicted octanol–water partition coefficient (Wildman–Crippen LogP) is 0.437. The summed E-state index contributed by atoms with van der Waals surface area (Å²) in [5.41, 5.74) is 0.444. The van der Waals surface area contributed by atoms with Crippen LogP contribution in [0.5, 0.6) is 0 Å². The first-order valence-corrected chi connectivity index (χ1v) is 10.4. The molecule has 2 N–H and O–H groups in total. The van der Waals surface area contributed by atoms with E-state index in [0.29, 0.717) is 0 Å². The van der Waals surface area contributed by atoms with Gasteiger partial charge in [0, 0.05) is 13.1 Å². The standard InChI is InChI=1S/C18H14N6O6S/c1-9-12(18(26)27)5-10(6-19)16(20-9)24-7-11(8-24)17(25)23-31(28,29)14-4-2-3-13-15(14)22-30-21-13/h2-5,11H,7-8H2,1H3,(H,23,25)(H,26,27). The number of aromatic carboxylic acids is 1. The summed E-state index contributed by atoms with van der Waals surface area (Å²) in [5.74, 6) is -2.34. The summed E-state index contributed by atoms with van der Waals surface area (Å²) < 4.78 is 31.8. The molecule has 0 radical (unpaired) electrons. The van der Waals surface area contributed by atoms with Crippen molar-refractivity contribution in [3.63, 3.8) is 0 Å². The lowest BCUT2D eigenvalue weighted by Gasteiger charge is -2.39. The van der Waals surface area contributed by atoms with Gasteiger partial charge in [0.15, 0.2) is 5.52 Å². The summed E-state index contributed by atoms with van der Waals surface area (Å²) in [4.78, 5) is 29.3. The number of carboxylic acid groups (broad SMARTS) is 1. The van der Waals surface area contributed by atoms with E-state index in [2.05, 4.69) is 19.9 Å². The highest BCUT2D eigenvalue weighted by atomic mass is 32.2. The number of nitrogens with one attached hydrogen (secondary N) is 1. The first-order chi connectivity index (χ1) is 14.7. The lowest BCUT2D eigenvalue weighted by molar-refractivity contribution is -0.123. The van der Waals surface area contributed by atoms with Crippen LogP contribution in [0.25, 0.3) is 11.0 Å². The number of hydrogen-bond acceptors (Lipinski definition) is 10. The molecule has 3 aromatic rings. The molecule has 0 atom stereocenters. The highest BCUT2D eigenvalue weighted by molar-refractivity contribution is 7.90. The van der Waals surface area contributed by atoms with Crippen molar-refractivity contribution in [1.29, 1.82) is 5.26 Å². The number of aromatic nitrogens is 3. The van der Waals surface area contributed by atoms with E-state index in [1.54, 1.807) is 4.90 Å². The number of aryl methyl sites for hydroxylation is 1. The van der Waals surface area contributed by atoms with Crippen LogP contribution in [0.4, 0.5) is 5.82 Å². The molecule has 13 heteroatoms. The number of carbonyl (C=O) groups is 2. The Labute approximate surface area is 175 Å². The summed E-state index contributed by atoms with van der Waals surface area (Å²) in [6.07, 6.45) is 0. The van der Waals surface area contributed by atoms with Crippen molar-refractivity contribution in [1.82, 2.24) is 20.0 Å². The molecule has 1 saturated heterocycles. The third-order valence-corrected chi connectivity index (χ3v) is 6.25. The van der Waals surface area contributed by atoms with E-state index in [1.165, 1.54) is 31.2 Å². The molecule has 31 heavy (non-hydrogen) atoms. The van der Waals surface area contributed by atoms with Crippen molar-refractivity contribution < 1.29 is 27.7 Å². The number of benzene rings is 1. The van der Waals surface area contributed by atoms with Gasteiger partial charge in [-0.2, -0.15) is 5.26 Å². The van der Waals surface area contributed by atoms with E-state index in [-0.39, 0.29) is 51.7 Å². The zero-order valence-electron chi connectivity index (χ0n) is 15.9. The minimum atomic E-state index is -4.21. The van der Waals surface area contributed by atoms with Gasteiger partial charge in [0.1, 0.15) is 22.3 Å². The monoisotopic (exact) mass is 442 g/mol. The lowest BCUT2D eigenvalue weighted by Crippen LogP contribution is -2.55. The van der Waals surface area contributed by atoms with Crippen LogP contribution < -0.4 is 9.62 Å². The zero-order chi connectivity index (χ0) is 22.3. The molecule has 12 nitrogen and oxygen atoms in total. The molecular weight excluding hydrogens is 428 g/mol. The Bertz CT molecular complexity index is 1370. The summed E-state index contributed by atoms with van der Waals surface area (Å²) in [5, 5.41) is 25.6. The molecule has 2 aromatic heterocycles. The molecule has 1 aliphatic heterocycles. The highest BCUT2D eigenvalue weighted by Gasteiger charge is 2.37. The number of nitrogens with zero attached hydrogens (tertiary/aromatic N) is 5. The normalized spacial score (nSPS) is 14.1. The van der Waals surface area contributed by atoms with Gasteiger partial charge in [-0.25, -0.2) is 27.5 Å². The van der Waals surface area contributed by atoms with E-state index in [1.807, 2.05) is 10.8 Å². The number of sulfonamides is 1. The molecular formula is C18H14N6O6S. The molecule has 0 spiro atoms. The molecule has 1 aromatic carbocycles. The van der Waals surface area contributed by atoms with Crippen molar-refractivity contribution in [3.05, 3.63) is 41.1 Å². The predicted molar refractivity (Wildman–Crippen MR) is 103 cm³/mol. The number of fused-ring (bicyclic) bond motifs is 1. The SMILES string of the molecule is Cc1nc(N2CC(C(=O)NS(=O)(=O)c3cccc4nonc34)C2)c(C#N)cc1C(=O)O. The first-order valence-electron chi connectivity index (χ1n) is 8.89. The number of amides is 1. The summed E-state index contributed by atoms with van der Waals surface area (Å²) in [6.45, 7) is 1.74. The average Bonchev–Trinajstić information content (AvgIpc) is 3.15. The second-order valence-corrected chi connectivity index (χ2v) is 8.52. The van der Waals surface area contributed by atoms with Crippen LogP contribution in [0.2, 0.25) is 0 Å². The van der Waals surface area contributed by atoms with Crippen molar-refractivity contribution in [2.24, 2.45) is 5.92 Å². The quantitative estimate of drug-likeness (QED) is 0.559. The van der Waals surface area contributed by atoms with E-state index in [9.17, 15) is 23.3 Å². The van der Waals surface area contributed by atoms with Crippen LogP contribution in [0, 0.1) is 24.2 Å². The van der Waals surface area contributed by atoms with Crippen LogP contribution in [0.3, 0.4) is 0 Å². The van der Waals surface area contributed by atoms with Gasteiger partial charge in [-0.15, -0.1) is 0 Å². The summed E-state index contributed by atoms with van der Waals surface area (Å²) in [6, 6.07) is 7.38. The molecule has 0 aliphatic carbocycles. The molecule has 0 bridgehead atoms. The Balaban J connectivity index is 1.49. The smallest absolute Gasteiger partial charge is 0.337 e. The van der Waals surface area contributed by atoms with Crippen LogP contribution in [-0.4, -0.2) is 53.8 Å². The van der Waals surface area contributed by atoms with Gasteiger partial charge < -0.3 is 10.0 Å². The maximum atomic E-state index is 12.6. The summed E-state index contributed by atoms with van der Waals surface area (Å²) >= 11 is 0. The topological polar surface area (TPSA) is 179 Å². The van der Waals surface area contributed by atoms with Gasteiger partial charge in [-0.05, 0) is 35.4 Å². The van der Waals surface area contributed by atoms with Crippen molar-refractivity contribution in [3.8, 4) is 6.07 Å². The number of anilines is 1. The summed E-state index contributed by atoms with van der Waals surface area (Å²) in [7, 11) is -4.21. The third-order valence-electron chi connectivity index (χ3n) is 4.87. The van der Waals surface area contributed by atoms with Crippen molar-refractivity contribution in [2.45, 2.75) is 11.8 Å². The van der Waals surface area contributed by atoms with Gasteiger partial charge in [0.2, 0.25) is 5.91 Å². The molecule has 158 valence electrons. The molecule has 3 heterocycles. The lowest BCUT2D eigenvalue weighted by atomic mass is 9.98. The van der Waals surface area contributed by atoms with E-state index in [4.69, 9.17) is 5.11 Å². The zero-order valence-corrected chi connectivity index (χ0v) is 16.8. The number of carbonyl (C=O) groups excluding carboxylic acids is 1. The van der Waals surface area contributed by atoms with Gasteiger partial charge >= 0.3 is 5.97 Å². The second kappa shape index (κ2) is 7.33. The minimum Gasteiger partial charge on any atom is -0.478 e.